The average molecular weight is 294 g/mol. The van der Waals surface area contributed by atoms with Crippen LogP contribution in [0.4, 0.5) is 0 Å². The fourth-order valence-corrected chi connectivity index (χ4v) is 2.81. The van der Waals surface area contributed by atoms with Crippen molar-refractivity contribution in [2.24, 2.45) is 0 Å². The number of benzene rings is 2. The number of methoxy groups -OCH3 is 1. The molecule has 114 valence electrons. The Balaban J connectivity index is 2.21. The molecule has 0 atom stereocenters. The maximum atomic E-state index is 5.33. The van der Waals surface area contributed by atoms with E-state index in [2.05, 4.69) is 48.7 Å². The third kappa shape index (κ3) is 2.59. The molecule has 0 aliphatic heterocycles. The van der Waals surface area contributed by atoms with Gasteiger partial charge in [-0.1, -0.05) is 37.6 Å². The van der Waals surface area contributed by atoms with Crippen LogP contribution in [-0.2, 0) is 6.54 Å². The molecular weight excluding hydrogens is 272 g/mol. The van der Waals surface area contributed by atoms with E-state index in [0.717, 1.165) is 30.1 Å². The highest BCUT2D eigenvalue weighted by Crippen LogP contribution is 2.29. The van der Waals surface area contributed by atoms with Crippen LogP contribution >= 0.6 is 0 Å². The second kappa shape index (κ2) is 6.22. The van der Waals surface area contributed by atoms with Gasteiger partial charge in [-0.05, 0) is 31.0 Å². The molecule has 3 heteroatoms. The molecular formula is C19H22N2O. The summed E-state index contributed by atoms with van der Waals surface area (Å²) < 4.78 is 7.67. The van der Waals surface area contributed by atoms with Crippen LogP contribution in [0.2, 0.25) is 0 Å². The van der Waals surface area contributed by atoms with Crippen molar-refractivity contribution in [3.63, 3.8) is 0 Å². The molecule has 22 heavy (non-hydrogen) atoms. The summed E-state index contributed by atoms with van der Waals surface area (Å²) in [6.07, 6.45) is 2.32. The Morgan fingerprint density at radius 1 is 1.14 bits per heavy atom. The van der Waals surface area contributed by atoms with Crippen molar-refractivity contribution in [1.82, 2.24) is 9.55 Å². The molecule has 2 aromatic carbocycles. The minimum atomic E-state index is 0.851. The van der Waals surface area contributed by atoms with Crippen molar-refractivity contribution >= 4 is 11.0 Å². The van der Waals surface area contributed by atoms with Gasteiger partial charge >= 0.3 is 0 Å². The number of aromatic nitrogens is 2. The highest BCUT2D eigenvalue weighted by Gasteiger charge is 2.14. The first-order valence-corrected chi connectivity index (χ1v) is 7.85. The van der Waals surface area contributed by atoms with Gasteiger partial charge in [-0.3, -0.25) is 0 Å². The normalized spacial score (nSPS) is 11.0. The molecule has 0 fully saturated rings. The van der Waals surface area contributed by atoms with Crippen LogP contribution < -0.4 is 4.74 Å². The summed E-state index contributed by atoms with van der Waals surface area (Å²) >= 11 is 0. The molecule has 0 spiro atoms. The van der Waals surface area contributed by atoms with E-state index in [4.69, 9.17) is 9.72 Å². The molecule has 0 saturated heterocycles. The summed E-state index contributed by atoms with van der Waals surface area (Å²) in [6, 6.07) is 14.6. The Labute approximate surface area is 131 Å². The number of hydrogen-bond acceptors (Lipinski definition) is 2. The summed E-state index contributed by atoms with van der Waals surface area (Å²) in [4.78, 5) is 4.89. The van der Waals surface area contributed by atoms with Crippen molar-refractivity contribution in [2.45, 2.75) is 33.2 Å². The van der Waals surface area contributed by atoms with E-state index < -0.39 is 0 Å². The molecule has 0 aliphatic carbocycles. The monoisotopic (exact) mass is 294 g/mol. The Bertz CT molecular complexity index is 789. The van der Waals surface area contributed by atoms with Crippen LogP contribution in [0, 0.1) is 6.92 Å². The van der Waals surface area contributed by atoms with E-state index in [0.29, 0.717) is 0 Å². The molecule has 0 saturated carbocycles. The van der Waals surface area contributed by atoms with Crippen LogP contribution in [0.1, 0.15) is 25.3 Å². The van der Waals surface area contributed by atoms with E-state index in [1.807, 2.05) is 12.1 Å². The molecule has 1 heterocycles. The van der Waals surface area contributed by atoms with Crippen LogP contribution in [0.3, 0.4) is 0 Å². The first kappa shape index (κ1) is 14.6. The fraction of sp³-hybridized carbons (Fsp3) is 0.316. The minimum absolute atomic E-state index is 0.851. The second-order valence-corrected chi connectivity index (χ2v) is 5.61. The fourth-order valence-electron chi connectivity index (χ4n) is 2.81. The molecule has 0 radical (unpaired) electrons. The van der Waals surface area contributed by atoms with Crippen molar-refractivity contribution in [2.75, 3.05) is 7.11 Å². The molecule has 3 aromatic rings. The van der Waals surface area contributed by atoms with Crippen LogP contribution in [0.25, 0.3) is 22.4 Å². The van der Waals surface area contributed by atoms with Gasteiger partial charge in [-0.25, -0.2) is 4.98 Å². The lowest BCUT2D eigenvalue weighted by molar-refractivity contribution is 0.415. The Morgan fingerprint density at radius 3 is 2.68 bits per heavy atom. The molecule has 0 bridgehead atoms. The van der Waals surface area contributed by atoms with Gasteiger partial charge in [0.25, 0.3) is 0 Å². The van der Waals surface area contributed by atoms with Gasteiger partial charge in [0.15, 0.2) is 0 Å². The number of imidazole rings is 1. The van der Waals surface area contributed by atoms with Gasteiger partial charge in [0.1, 0.15) is 11.6 Å². The Morgan fingerprint density at radius 2 is 1.95 bits per heavy atom. The minimum Gasteiger partial charge on any atom is -0.497 e. The third-order valence-corrected chi connectivity index (χ3v) is 4.08. The maximum absolute atomic E-state index is 5.33. The van der Waals surface area contributed by atoms with Crippen molar-refractivity contribution < 1.29 is 4.74 Å². The molecule has 0 amide bonds. The van der Waals surface area contributed by atoms with Crippen molar-refractivity contribution in [3.8, 4) is 17.1 Å². The van der Waals surface area contributed by atoms with E-state index >= 15 is 0 Å². The molecule has 1 aromatic heterocycles. The van der Waals surface area contributed by atoms with Gasteiger partial charge in [0.2, 0.25) is 0 Å². The lowest BCUT2D eigenvalue weighted by Gasteiger charge is -2.10. The summed E-state index contributed by atoms with van der Waals surface area (Å²) in [5.41, 5.74) is 4.62. The van der Waals surface area contributed by atoms with Gasteiger partial charge in [0.05, 0.1) is 18.1 Å². The number of fused-ring (bicyclic) bond motifs is 1. The van der Waals surface area contributed by atoms with E-state index in [9.17, 15) is 0 Å². The lowest BCUT2D eigenvalue weighted by Crippen LogP contribution is -2.01. The van der Waals surface area contributed by atoms with Crippen LogP contribution in [-0.4, -0.2) is 16.7 Å². The largest absolute Gasteiger partial charge is 0.497 e. The van der Waals surface area contributed by atoms with E-state index in [1.165, 1.54) is 23.1 Å². The van der Waals surface area contributed by atoms with E-state index in [1.54, 1.807) is 7.11 Å². The number of hydrogen-bond donors (Lipinski definition) is 0. The molecule has 3 rings (SSSR count). The smallest absolute Gasteiger partial charge is 0.141 e. The summed E-state index contributed by atoms with van der Waals surface area (Å²) in [6.45, 7) is 5.35. The van der Waals surface area contributed by atoms with Crippen molar-refractivity contribution in [1.29, 1.82) is 0 Å². The Hall–Kier alpha value is -2.29. The quantitative estimate of drug-likeness (QED) is 0.674. The van der Waals surface area contributed by atoms with Gasteiger partial charge < -0.3 is 9.30 Å². The number of nitrogens with zero attached hydrogens (tertiary/aromatic N) is 2. The standard InChI is InChI=1S/C19H22N2O/c1-4-5-12-21-18-11-10-15(22-3)13-17(18)20-19(21)16-9-7-6-8-14(16)2/h6-11,13H,4-5,12H2,1-3H3. The van der Waals surface area contributed by atoms with Crippen LogP contribution in [0.15, 0.2) is 42.5 Å². The third-order valence-electron chi connectivity index (χ3n) is 4.08. The zero-order valence-corrected chi connectivity index (χ0v) is 13.5. The van der Waals surface area contributed by atoms with Crippen LogP contribution in [0.5, 0.6) is 5.75 Å². The maximum Gasteiger partial charge on any atom is 0.141 e. The highest BCUT2D eigenvalue weighted by atomic mass is 16.5. The highest BCUT2D eigenvalue weighted by molar-refractivity contribution is 5.82. The predicted molar refractivity (Wildman–Crippen MR) is 91.4 cm³/mol. The molecule has 3 nitrogen and oxygen atoms in total. The SMILES string of the molecule is CCCCn1c(-c2ccccc2C)nc2cc(OC)ccc21. The molecule has 0 N–H and O–H groups in total. The summed E-state index contributed by atoms with van der Waals surface area (Å²) in [5.74, 6) is 1.90. The van der Waals surface area contributed by atoms with E-state index in [-0.39, 0.29) is 0 Å². The van der Waals surface area contributed by atoms with Gasteiger partial charge in [-0.15, -0.1) is 0 Å². The number of ether oxygens (including phenoxy) is 1. The topological polar surface area (TPSA) is 27.1 Å². The summed E-state index contributed by atoms with van der Waals surface area (Å²) in [7, 11) is 1.69. The zero-order valence-electron chi connectivity index (χ0n) is 13.5. The zero-order chi connectivity index (χ0) is 15.5. The first-order chi connectivity index (χ1) is 10.7. The number of unbranched alkanes of at least 4 members (excludes halogenated alkanes) is 1. The second-order valence-electron chi connectivity index (χ2n) is 5.61. The first-order valence-electron chi connectivity index (χ1n) is 7.85. The number of aryl methyl sites for hydroxylation is 2. The lowest BCUT2D eigenvalue weighted by atomic mass is 10.1. The van der Waals surface area contributed by atoms with Crippen molar-refractivity contribution in [3.05, 3.63) is 48.0 Å². The van der Waals surface area contributed by atoms with Gasteiger partial charge in [-0.2, -0.15) is 0 Å². The Kier molecular flexibility index (Phi) is 4.14. The van der Waals surface area contributed by atoms with Gasteiger partial charge in [0, 0.05) is 18.2 Å². The molecule has 0 aliphatic rings. The summed E-state index contributed by atoms with van der Waals surface area (Å²) in [5, 5.41) is 0. The predicted octanol–water partition coefficient (Wildman–Crippen LogP) is 4.82. The average Bonchev–Trinajstić information content (AvgIpc) is 2.90. The number of rotatable bonds is 5. The molecule has 0 unspecified atom stereocenters.